The van der Waals surface area contributed by atoms with E-state index in [0.717, 1.165) is 12.0 Å². The topological polar surface area (TPSA) is 48.8 Å². The van der Waals surface area contributed by atoms with Crippen LogP contribution in [0.15, 0.2) is 40.7 Å². The maximum absolute atomic E-state index is 8.02. The van der Waals surface area contributed by atoms with Gasteiger partial charge in [-0.3, -0.25) is 0 Å². The minimum Gasteiger partial charge on any atom is -0.0772 e. The molecule has 0 aromatic carbocycles. The van der Waals surface area contributed by atoms with E-state index in [1.54, 1.807) is 6.20 Å². The molecule has 3 nitrogen and oxygen atoms in total. The lowest BCUT2D eigenvalue weighted by atomic mass is 10.0. The van der Waals surface area contributed by atoms with Crippen molar-refractivity contribution >= 4 is 0 Å². The fraction of sp³-hybridized carbons (Fsp3) is 0.250. The van der Waals surface area contributed by atoms with Gasteiger partial charge in [-0.2, -0.15) is 0 Å². The Kier molecular flexibility index (Phi) is 2.53. The third-order valence-electron chi connectivity index (χ3n) is 1.50. The van der Waals surface area contributed by atoms with E-state index in [1.807, 2.05) is 19.1 Å². The lowest BCUT2D eigenvalue weighted by molar-refractivity contribution is 1.19. The van der Waals surface area contributed by atoms with E-state index in [4.69, 9.17) is 5.53 Å². The molecule has 11 heavy (non-hydrogen) atoms. The second-order valence-electron chi connectivity index (χ2n) is 2.39. The summed E-state index contributed by atoms with van der Waals surface area (Å²) in [6.07, 6.45) is 8.46. The Morgan fingerprint density at radius 3 is 3.00 bits per heavy atom. The standard InChI is InChI=1S/C8H9N3/c1-7-2-4-8(5-3-7)6-10-11-9/h2-4,6H,5H2,1H3. The molecule has 1 aliphatic carbocycles. The maximum Gasteiger partial charge on any atom is 0.00476 e. The van der Waals surface area contributed by atoms with E-state index < -0.39 is 0 Å². The van der Waals surface area contributed by atoms with Crippen molar-refractivity contribution in [2.24, 2.45) is 5.11 Å². The predicted molar refractivity (Wildman–Crippen MR) is 44.7 cm³/mol. The van der Waals surface area contributed by atoms with Gasteiger partial charge in [-0.05, 0) is 24.4 Å². The average molecular weight is 147 g/mol. The van der Waals surface area contributed by atoms with Crippen molar-refractivity contribution in [3.63, 3.8) is 0 Å². The summed E-state index contributed by atoms with van der Waals surface area (Å²) >= 11 is 0. The van der Waals surface area contributed by atoms with Crippen LogP contribution in [-0.2, 0) is 0 Å². The van der Waals surface area contributed by atoms with Crippen LogP contribution in [0.4, 0.5) is 0 Å². The normalized spacial score (nSPS) is 19.4. The zero-order valence-corrected chi connectivity index (χ0v) is 6.36. The van der Waals surface area contributed by atoms with Gasteiger partial charge in [-0.15, -0.1) is 0 Å². The molecule has 0 aromatic heterocycles. The van der Waals surface area contributed by atoms with Crippen molar-refractivity contribution in [1.82, 2.24) is 0 Å². The second kappa shape index (κ2) is 3.64. The van der Waals surface area contributed by atoms with Crippen LogP contribution in [0.3, 0.4) is 0 Å². The summed E-state index contributed by atoms with van der Waals surface area (Å²) in [5, 5.41) is 3.36. The molecule has 0 saturated heterocycles. The van der Waals surface area contributed by atoms with Gasteiger partial charge in [0.2, 0.25) is 0 Å². The monoisotopic (exact) mass is 147 g/mol. The molecule has 3 heteroatoms. The van der Waals surface area contributed by atoms with Gasteiger partial charge >= 0.3 is 0 Å². The van der Waals surface area contributed by atoms with E-state index in [9.17, 15) is 0 Å². The highest BCUT2D eigenvalue weighted by molar-refractivity contribution is 5.33. The number of rotatable bonds is 1. The lowest BCUT2D eigenvalue weighted by Crippen LogP contribution is -1.82. The zero-order chi connectivity index (χ0) is 8.10. The fourth-order valence-corrected chi connectivity index (χ4v) is 0.849. The molecule has 56 valence electrons. The molecule has 0 spiro atoms. The minimum absolute atomic E-state index is 0.862. The van der Waals surface area contributed by atoms with Crippen LogP contribution in [0.5, 0.6) is 0 Å². The number of allylic oxidation sites excluding steroid dienone is 5. The van der Waals surface area contributed by atoms with E-state index >= 15 is 0 Å². The molecule has 0 aromatic rings. The Balaban J connectivity index is 2.69. The first kappa shape index (κ1) is 7.63. The van der Waals surface area contributed by atoms with Crippen LogP contribution in [0.1, 0.15) is 13.3 Å². The molecule has 1 aliphatic rings. The van der Waals surface area contributed by atoms with E-state index in [1.165, 1.54) is 5.57 Å². The van der Waals surface area contributed by atoms with Crippen molar-refractivity contribution in [3.8, 4) is 0 Å². The first-order valence-electron chi connectivity index (χ1n) is 3.41. The van der Waals surface area contributed by atoms with Crippen molar-refractivity contribution in [3.05, 3.63) is 46.0 Å². The van der Waals surface area contributed by atoms with E-state index in [-0.39, 0.29) is 0 Å². The summed E-state index contributed by atoms with van der Waals surface area (Å²) in [6.45, 7) is 2.04. The molecular formula is C8H9N3. The van der Waals surface area contributed by atoms with Gasteiger partial charge in [0, 0.05) is 11.1 Å². The molecule has 1 rings (SSSR count). The third-order valence-corrected chi connectivity index (χ3v) is 1.50. The van der Waals surface area contributed by atoms with Gasteiger partial charge in [0.1, 0.15) is 0 Å². The van der Waals surface area contributed by atoms with Crippen molar-refractivity contribution < 1.29 is 0 Å². The minimum atomic E-state index is 0.862. The number of hydrogen-bond donors (Lipinski definition) is 0. The predicted octanol–water partition coefficient (Wildman–Crippen LogP) is 3.09. The summed E-state index contributed by atoms with van der Waals surface area (Å²) in [6, 6.07) is 0. The summed E-state index contributed by atoms with van der Waals surface area (Å²) in [5.41, 5.74) is 10.3. The van der Waals surface area contributed by atoms with Gasteiger partial charge in [0.05, 0.1) is 0 Å². The highest BCUT2D eigenvalue weighted by atomic mass is 15.1. The summed E-state index contributed by atoms with van der Waals surface area (Å²) in [7, 11) is 0. The van der Waals surface area contributed by atoms with Crippen molar-refractivity contribution in [2.75, 3.05) is 0 Å². The van der Waals surface area contributed by atoms with Crippen LogP contribution in [0.2, 0.25) is 0 Å². The SMILES string of the molecule is CC1=CCC(=CN=[N+]=[N-])C=C1. The molecule has 0 fully saturated rings. The summed E-state index contributed by atoms with van der Waals surface area (Å²) < 4.78 is 0. The van der Waals surface area contributed by atoms with Gasteiger partial charge in [-0.1, -0.05) is 28.9 Å². The zero-order valence-electron chi connectivity index (χ0n) is 6.36. The Bertz CT molecular complexity index is 278. The third kappa shape index (κ3) is 2.32. The fourth-order valence-electron chi connectivity index (χ4n) is 0.849. The molecule has 0 N–H and O–H groups in total. The van der Waals surface area contributed by atoms with Gasteiger partial charge in [0.25, 0.3) is 0 Å². The van der Waals surface area contributed by atoms with Crippen LogP contribution >= 0.6 is 0 Å². The molecular weight excluding hydrogens is 138 g/mol. The molecule has 0 unspecified atom stereocenters. The second-order valence-corrected chi connectivity index (χ2v) is 2.39. The van der Waals surface area contributed by atoms with Crippen molar-refractivity contribution in [1.29, 1.82) is 0 Å². The Morgan fingerprint density at radius 1 is 1.64 bits per heavy atom. The Morgan fingerprint density at radius 2 is 2.45 bits per heavy atom. The number of azide groups is 1. The van der Waals surface area contributed by atoms with Crippen LogP contribution in [-0.4, -0.2) is 0 Å². The largest absolute Gasteiger partial charge is 0.0772 e. The maximum atomic E-state index is 8.02. The van der Waals surface area contributed by atoms with Gasteiger partial charge < -0.3 is 0 Å². The molecule has 0 atom stereocenters. The van der Waals surface area contributed by atoms with Gasteiger partial charge in [0.15, 0.2) is 0 Å². The smallest absolute Gasteiger partial charge is 0.00476 e. The summed E-state index contributed by atoms with van der Waals surface area (Å²) in [5.74, 6) is 0. The number of nitrogens with zero attached hydrogens (tertiary/aromatic N) is 3. The molecule has 0 saturated carbocycles. The van der Waals surface area contributed by atoms with Crippen molar-refractivity contribution in [2.45, 2.75) is 13.3 Å². The lowest BCUT2D eigenvalue weighted by Gasteiger charge is -2.02. The van der Waals surface area contributed by atoms with Crippen LogP contribution < -0.4 is 0 Å². The van der Waals surface area contributed by atoms with Crippen LogP contribution in [0.25, 0.3) is 10.4 Å². The molecule has 0 bridgehead atoms. The Labute approximate surface area is 65.4 Å². The van der Waals surface area contributed by atoms with E-state index in [0.29, 0.717) is 0 Å². The van der Waals surface area contributed by atoms with Gasteiger partial charge in [-0.25, -0.2) is 0 Å². The average Bonchev–Trinajstić information content (AvgIpc) is 2.04. The van der Waals surface area contributed by atoms with Crippen LogP contribution in [0, 0.1) is 0 Å². The molecule has 0 amide bonds. The molecule has 0 radical (unpaired) electrons. The quantitative estimate of drug-likeness (QED) is 0.311. The highest BCUT2D eigenvalue weighted by Gasteiger charge is 1.94. The molecule has 0 aliphatic heterocycles. The first-order chi connectivity index (χ1) is 5.33. The Hall–Kier alpha value is -1.47. The first-order valence-corrected chi connectivity index (χ1v) is 3.41. The highest BCUT2D eigenvalue weighted by Crippen LogP contribution is 2.14. The number of hydrogen-bond acceptors (Lipinski definition) is 1. The molecule has 0 heterocycles. The van der Waals surface area contributed by atoms with E-state index in [2.05, 4.69) is 16.1 Å². The summed E-state index contributed by atoms with van der Waals surface area (Å²) in [4.78, 5) is 2.64.